The van der Waals surface area contributed by atoms with E-state index in [-0.39, 0.29) is 5.82 Å². The van der Waals surface area contributed by atoms with Gasteiger partial charge in [-0.1, -0.05) is 0 Å². The fourth-order valence-corrected chi connectivity index (χ4v) is 1.73. The first-order valence-corrected chi connectivity index (χ1v) is 5.01. The molecule has 0 aliphatic carbocycles. The topological polar surface area (TPSA) is 131 Å². The second-order valence-corrected chi connectivity index (χ2v) is 3.77. The summed E-state index contributed by atoms with van der Waals surface area (Å²) in [5, 5.41) is 28.2. The third-order valence-electron chi connectivity index (χ3n) is 2.64. The summed E-state index contributed by atoms with van der Waals surface area (Å²) in [4.78, 5) is 15.0. The van der Waals surface area contributed by atoms with Gasteiger partial charge in [0, 0.05) is 6.20 Å². The maximum atomic E-state index is 11.5. The highest BCUT2D eigenvalue weighted by Gasteiger charge is 2.43. The summed E-state index contributed by atoms with van der Waals surface area (Å²) in [5.74, 6) is 0.0537. The minimum absolute atomic E-state index is 0.0537. The van der Waals surface area contributed by atoms with Gasteiger partial charge in [0.1, 0.15) is 24.1 Å². The summed E-state index contributed by atoms with van der Waals surface area (Å²) in [6.07, 6.45) is -3.27. The molecule has 94 valence electrons. The predicted molar refractivity (Wildman–Crippen MR) is 55.9 cm³/mol. The lowest BCUT2D eigenvalue weighted by Crippen LogP contribution is -2.36. The maximum absolute atomic E-state index is 11.5. The van der Waals surface area contributed by atoms with Gasteiger partial charge >= 0.3 is 5.69 Å². The number of aliphatic hydroxyl groups excluding tert-OH is 3. The Morgan fingerprint density at radius 3 is 2.71 bits per heavy atom. The van der Waals surface area contributed by atoms with Crippen LogP contribution in [0.5, 0.6) is 0 Å². The van der Waals surface area contributed by atoms with E-state index >= 15 is 0 Å². The second kappa shape index (κ2) is 4.41. The molecular formula is C9H13N3O5. The fourth-order valence-electron chi connectivity index (χ4n) is 1.73. The summed E-state index contributed by atoms with van der Waals surface area (Å²) in [5.41, 5.74) is 4.63. The van der Waals surface area contributed by atoms with Crippen LogP contribution in [0.25, 0.3) is 0 Å². The van der Waals surface area contributed by atoms with Crippen molar-refractivity contribution in [3.8, 4) is 0 Å². The molecule has 1 fully saturated rings. The smallest absolute Gasteiger partial charge is 0.351 e. The molecular weight excluding hydrogens is 230 g/mol. The van der Waals surface area contributed by atoms with Gasteiger partial charge in [0.25, 0.3) is 0 Å². The van der Waals surface area contributed by atoms with Gasteiger partial charge in [0.2, 0.25) is 0 Å². The molecule has 1 aromatic rings. The van der Waals surface area contributed by atoms with Gasteiger partial charge in [0.05, 0.1) is 6.61 Å². The Morgan fingerprint density at radius 2 is 2.18 bits per heavy atom. The first-order chi connectivity index (χ1) is 8.04. The Balaban J connectivity index is 2.32. The number of aliphatic hydroxyl groups is 3. The summed E-state index contributed by atoms with van der Waals surface area (Å²) < 4.78 is 6.19. The predicted octanol–water partition coefficient (Wildman–Crippen LogP) is -2.56. The SMILES string of the molecule is Nc1ccn(C2OC(CO)[C@@H](O)[C@H]2O)c(=O)n1. The van der Waals surface area contributed by atoms with Crippen LogP contribution in [-0.2, 0) is 4.74 Å². The van der Waals surface area contributed by atoms with E-state index < -0.39 is 36.8 Å². The molecule has 2 rings (SSSR count). The van der Waals surface area contributed by atoms with Crippen LogP contribution in [-0.4, -0.2) is 49.8 Å². The Morgan fingerprint density at radius 1 is 1.47 bits per heavy atom. The van der Waals surface area contributed by atoms with E-state index in [0.29, 0.717) is 0 Å². The summed E-state index contributed by atoms with van der Waals surface area (Å²) in [6.45, 7) is -0.453. The van der Waals surface area contributed by atoms with E-state index in [1.165, 1.54) is 12.3 Å². The molecule has 8 heteroatoms. The van der Waals surface area contributed by atoms with Crippen LogP contribution in [0.2, 0.25) is 0 Å². The summed E-state index contributed by atoms with van der Waals surface area (Å²) in [6, 6.07) is 1.37. The Kier molecular flexibility index (Phi) is 3.11. The molecule has 5 N–H and O–H groups in total. The van der Waals surface area contributed by atoms with Crippen molar-refractivity contribution in [1.29, 1.82) is 0 Å². The Labute approximate surface area is 95.9 Å². The molecule has 2 heterocycles. The van der Waals surface area contributed by atoms with Gasteiger partial charge in [-0.3, -0.25) is 4.57 Å². The summed E-state index contributed by atoms with van der Waals surface area (Å²) in [7, 11) is 0. The zero-order valence-electron chi connectivity index (χ0n) is 8.80. The van der Waals surface area contributed by atoms with Crippen molar-refractivity contribution < 1.29 is 20.1 Å². The van der Waals surface area contributed by atoms with Crippen LogP contribution in [0.4, 0.5) is 5.82 Å². The lowest BCUT2D eigenvalue weighted by molar-refractivity contribution is -0.0549. The first-order valence-electron chi connectivity index (χ1n) is 5.01. The van der Waals surface area contributed by atoms with E-state index in [9.17, 15) is 15.0 Å². The molecule has 2 unspecified atom stereocenters. The van der Waals surface area contributed by atoms with E-state index in [0.717, 1.165) is 4.57 Å². The lowest BCUT2D eigenvalue weighted by Gasteiger charge is -2.16. The van der Waals surface area contributed by atoms with Crippen LogP contribution < -0.4 is 11.4 Å². The van der Waals surface area contributed by atoms with Crippen molar-refractivity contribution in [3.63, 3.8) is 0 Å². The third kappa shape index (κ3) is 2.03. The molecule has 8 nitrogen and oxygen atoms in total. The van der Waals surface area contributed by atoms with Crippen molar-refractivity contribution in [3.05, 3.63) is 22.7 Å². The van der Waals surface area contributed by atoms with E-state index in [1.807, 2.05) is 0 Å². The van der Waals surface area contributed by atoms with Crippen molar-refractivity contribution >= 4 is 5.82 Å². The van der Waals surface area contributed by atoms with Crippen molar-refractivity contribution in [2.24, 2.45) is 0 Å². The molecule has 1 saturated heterocycles. The van der Waals surface area contributed by atoms with Crippen molar-refractivity contribution in [2.45, 2.75) is 24.5 Å². The molecule has 4 atom stereocenters. The number of nitrogens with zero attached hydrogens (tertiary/aromatic N) is 2. The van der Waals surface area contributed by atoms with E-state index in [1.54, 1.807) is 0 Å². The van der Waals surface area contributed by atoms with Crippen LogP contribution in [0.3, 0.4) is 0 Å². The van der Waals surface area contributed by atoms with Crippen LogP contribution in [0.1, 0.15) is 6.23 Å². The number of rotatable bonds is 2. The molecule has 17 heavy (non-hydrogen) atoms. The minimum atomic E-state index is -1.31. The van der Waals surface area contributed by atoms with Crippen molar-refractivity contribution in [2.75, 3.05) is 12.3 Å². The highest BCUT2D eigenvalue weighted by atomic mass is 16.6. The molecule has 0 spiro atoms. The monoisotopic (exact) mass is 243 g/mol. The van der Waals surface area contributed by atoms with Gasteiger partial charge in [-0.25, -0.2) is 4.79 Å². The number of hydrogen-bond donors (Lipinski definition) is 4. The number of hydrogen-bond acceptors (Lipinski definition) is 7. The van der Waals surface area contributed by atoms with Crippen LogP contribution in [0, 0.1) is 0 Å². The third-order valence-corrected chi connectivity index (χ3v) is 2.64. The maximum Gasteiger partial charge on any atom is 0.351 e. The fraction of sp³-hybridized carbons (Fsp3) is 0.556. The van der Waals surface area contributed by atoms with Gasteiger partial charge in [-0.2, -0.15) is 4.98 Å². The highest BCUT2D eigenvalue weighted by Crippen LogP contribution is 2.27. The second-order valence-electron chi connectivity index (χ2n) is 3.77. The van der Waals surface area contributed by atoms with E-state index in [4.69, 9.17) is 15.6 Å². The number of aromatic nitrogens is 2. The number of anilines is 1. The van der Waals surface area contributed by atoms with Crippen LogP contribution >= 0.6 is 0 Å². The van der Waals surface area contributed by atoms with Gasteiger partial charge < -0.3 is 25.8 Å². The Bertz CT molecular complexity index is 462. The van der Waals surface area contributed by atoms with Crippen molar-refractivity contribution in [1.82, 2.24) is 9.55 Å². The molecule has 0 radical (unpaired) electrons. The van der Waals surface area contributed by atoms with Gasteiger partial charge in [0.15, 0.2) is 6.23 Å². The standard InChI is InChI=1S/C9H13N3O5/c10-5-1-2-12(9(16)11-5)8-7(15)6(14)4(3-13)17-8/h1-2,4,6-8,13-15H,3H2,(H2,10,11,16)/t4?,6-,7-,8?/m1/s1. The molecule has 1 aromatic heterocycles. The molecule has 0 bridgehead atoms. The normalized spacial score (nSPS) is 32.9. The average molecular weight is 243 g/mol. The zero-order chi connectivity index (χ0) is 12.6. The van der Waals surface area contributed by atoms with Crippen LogP contribution in [0.15, 0.2) is 17.1 Å². The van der Waals surface area contributed by atoms with Gasteiger partial charge in [-0.15, -0.1) is 0 Å². The first kappa shape index (κ1) is 12.0. The molecule has 0 amide bonds. The van der Waals surface area contributed by atoms with E-state index in [2.05, 4.69) is 4.98 Å². The molecule has 1 aliphatic heterocycles. The average Bonchev–Trinajstić information content (AvgIpc) is 2.57. The Hall–Kier alpha value is -1.48. The minimum Gasteiger partial charge on any atom is -0.394 e. The highest BCUT2D eigenvalue weighted by molar-refractivity contribution is 5.23. The molecule has 0 saturated carbocycles. The lowest BCUT2D eigenvalue weighted by atomic mass is 10.1. The number of nitrogens with two attached hydrogens (primary N) is 1. The summed E-state index contributed by atoms with van der Waals surface area (Å²) >= 11 is 0. The number of ether oxygens (including phenoxy) is 1. The number of nitrogen functional groups attached to an aromatic ring is 1. The quantitative estimate of drug-likeness (QED) is 0.449. The molecule has 1 aliphatic rings. The largest absolute Gasteiger partial charge is 0.394 e. The zero-order valence-corrected chi connectivity index (χ0v) is 8.80. The molecule has 0 aromatic carbocycles. The van der Waals surface area contributed by atoms with Gasteiger partial charge in [-0.05, 0) is 6.07 Å².